The Labute approximate surface area is 92.3 Å². The van der Waals surface area contributed by atoms with E-state index in [1.807, 2.05) is 19.1 Å². The van der Waals surface area contributed by atoms with E-state index in [0.29, 0.717) is 16.4 Å². The normalized spacial score (nSPS) is 15.8. The molecule has 80 valence electrons. The van der Waals surface area contributed by atoms with Crippen LogP contribution in [0.3, 0.4) is 0 Å². The standard InChI is InChI=1S/C13H10O3/c1-3-8-6-5-7-10-11(8)9(4-2)12(14)16-13(10)15/h3-7H,2H2,1H3/b8-3-. The average molecular weight is 214 g/mol. The van der Waals surface area contributed by atoms with E-state index in [2.05, 4.69) is 11.3 Å². The van der Waals surface area contributed by atoms with Crippen molar-refractivity contribution >= 4 is 23.6 Å². The highest BCUT2D eigenvalue weighted by Crippen LogP contribution is 2.08. The van der Waals surface area contributed by atoms with Crippen molar-refractivity contribution in [2.45, 2.75) is 6.92 Å². The van der Waals surface area contributed by atoms with E-state index in [1.165, 1.54) is 6.08 Å². The van der Waals surface area contributed by atoms with Crippen LogP contribution in [0.2, 0.25) is 0 Å². The molecule has 0 radical (unpaired) electrons. The molecule has 0 N–H and O–H groups in total. The second-order valence-electron chi connectivity index (χ2n) is 3.35. The molecular weight excluding hydrogens is 204 g/mol. The molecule has 1 aromatic rings. The predicted molar refractivity (Wildman–Crippen MR) is 59.9 cm³/mol. The maximum absolute atomic E-state index is 11.5. The van der Waals surface area contributed by atoms with Gasteiger partial charge in [-0.3, -0.25) is 0 Å². The van der Waals surface area contributed by atoms with Gasteiger partial charge in [-0.25, -0.2) is 9.59 Å². The number of hydrogen-bond donors (Lipinski definition) is 0. The second kappa shape index (κ2) is 3.77. The van der Waals surface area contributed by atoms with Gasteiger partial charge in [-0.05, 0) is 18.2 Å². The number of ether oxygens (including phenoxy) is 1. The number of benzene rings is 1. The molecule has 1 aliphatic heterocycles. The highest BCUT2D eigenvalue weighted by atomic mass is 16.6. The van der Waals surface area contributed by atoms with Crippen LogP contribution in [0, 0.1) is 0 Å². The number of fused-ring (bicyclic) bond motifs is 1. The van der Waals surface area contributed by atoms with Crippen LogP contribution < -0.4 is 10.4 Å². The molecule has 3 heteroatoms. The molecule has 2 rings (SSSR count). The second-order valence-corrected chi connectivity index (χ2v) is 3.35. The van der Waals surface area contributed by atoms with Crippen molar-refractivity contribution in [3.8, 4) is 0 Å². The summed E-state index contributed by atoms with van der Waals surface area (Å²) in [7, 11) is 0. The smallest absolute Gasteiger partial charge is 0.346 e. The summed E-state index contributed by atoms with van der Waals surface area (Å²) in [5.74, 6) is -1.24. The van der Waals surface area contributed by atoms with Crippen molar-refractivity contribution in [1.29, 1.82) is 0 Å². The molecule has 0 aliphatic carbocycles. The zero-order valence-electron chi connectivity index (χ0n) is 8.82. The Bertz CT molecular complexity index is 609. The summed E-state index contributed by atoms with van der Waals surface area (Å²) < 4.78 is 4.62. The quantitative estimate of drug-likeness (QED) is 0.505. The van der Waals surface area contributed by atoms with Crippen molar-refractivity contribution in [2.75, 3.05) is 0 Å². The van der Waals surface area contributed by atoms with Gasteiger partial charge in [-0.1, -0.05) is 30.9 Å². The van der Waals surface area contributed by atoms with Gasteiger partial charge in [0.1, 0.15) is 0 Å². The molecule has 0 spiro atoms. The Hall–Kier alpha value is -2.16. The molecule has 0 atom stereocenters. The van der Waals surface area contributed by atoms with Crippen LogP contribution >= 0.6 is 0 Å². The van der Waals surface area contributed by atoms with Crippen LogP contribution in [0.15, 0.2) is 30.9 Å². The summed E-state index contributed by atoms with van der Waals surface area (Å²) in [6.45, 7) is 5.42. The molecule has 0 saturated carbocycles. The SMILES string of the molecule is C=CC1=c2c(ccc/c2=C/C)C(=O)OC1=O. The minimum atomic E-state index is -0.637. The highest BCUT2D eigenvalue weighted by molar-refractivity contribution is 6.21. The van der Waals surface area contributed by atoms with Gasteiger partial charge in [0.2, 0.25) is 0 Å². The van der Waals surface area contributed by atoms with Gasteiger partial charge >= 0.3 is 11.9 Å². The fraction of sp³-hybridized carbons (Fsp3) is 0.0769. The Morgan fingerprint density at radius 1 is 1.25 bits per heavy atom. The van der Waals surface area contributed by atoms with E-state index in [0.717, 1.165) is 5.22 Å². The average Bonchev–Trinajstić information content (AvgIpc) is 2.29. The first-order valence-corrected chi connectivity index (χ1v) is 4.87. The lowest BCUT2D eigenvalue weighted by Crippen LogP contribution is -2.39. The van der Waals surface area contributed by atoms with Crippen LogP contribution in [0.1, 0.15) is 17.3 Å². The summed E-state index contributed by atoms with van der Waals surface area (Å²) in [6.07, 6.45) is 3.26. The number of carbonyl (C=O) groups is 2. The van der Waals surface area contributed by atoms with E-state index in [1.54, 1.807) is 12.1 Å². The first-order valence-electron chi connectivity index (χ1n) is 4.87. The summed E-state index contributed by atoms with van der Waals surface area (Å²) >= 11 is 0. The lowest BCUT2D eigenvalue weighted by Gasteiger charge is -2.12. The summed E-state index contributed by atoms with van der Waals surface area (Å²) in [5.41, 5.74) is 0.744. The molecule has 0 aromatic heterocycles. The summed E-state index contributed by atoms with van der Waals surface area (Å²) in [4.78, 5) is 23.0. The van der Waals surface area contributed by atoms with Gasteiger partial charge in [0, 0.05) is 5.22 Å². The molecule has 1 aliphatic rings. The fourth-order valence-corrected chi connectivity index (χ4v) is 1.76. The number of carbonyl (C=O) groups excluding carboxylic acids is 2. The largest absolute Gasteiger partial charge is 0.386 e. The van der Waals surface area contributed by atoms with E-state index >= 15 is 0 Å². The molecule has 16 heavy (non-hydrogen) atoms. The van der Waals surface area contributed by atoms with Crippen LogP contribution in [0.25, 0.3) is 11.6 Å². The molecule has 0 bridgehead atoms. The summed E-state index contributed by atoms with van der Waals surface area (Å²) in [6, 6.07) is 5.24. The number of hydrogen-bond acceptors (Lipinski definition) is 3. The maximum Gasteiger partial charge on any atom is 0.346 e. The zero-order valence-corrected chi connectivity index (χ0v) is 8.82. The van der Waals surface area contributed by atoms with Crippen molar-refractivity contribution < 1.29 is 14.3 Å². The van der Waals surface area contributed by atoms with Crippen LogP contribution in [0.5, 0.6) is 0 Å². The Balaban J connectivity index is 3.07. The number of cyclic esters (lactones) is 2. The first kappa shape index (κ1) is 10.4. The van der Waals surface area contributed by atoms with Gasteiger partial charge in [-0.2, -0.15) is 0 Å². The monoisotopic (exact) mass is 214 g/mol. The molecule has 3 nitrogen and oxygen atoms in total. The summed E-state index contributed by atoms with van der Waals surface area (Å²) in [5, 5.41) is 1.44. The molecule has 0 fully saturated rings. The molecule has 1 aromatic carbocycles. The van der Waals surface area contributed by atoms with Gasteiger partial charge in [-0.15, -0.1) is 0 Å². The van der Waals surface area contributed by atoms with Crippen LogP contribution in [-0.4, -0.2) is 11.9 Å². The Morgan fingerprint density at radius 3 is 2.62 bits per heavy atom. The van der Waals surface area contributed by atoms with Gasteiger partial charge in [0.15, 0.2) is 0 Å². The van der Waals surface area contributed by atoms with Gasteiger partial charge in [0.25, 0.3) is 0 Å². The third kappa shape index (κ3) is 1.37. The molecular formula is C13H10O3. The van der Waals surface area contributed by atoms with Crippen molar-refractivity contribution in [2.24, 2.45) is 0 Å². The highest BCUT2D eigenvalue weighted by Gasteiger charge is 2.24. The minimum absolute atomic E-state index is 0.336. The van der Waals surface area contributed by atoms with Gasteiger partial charge in [0.05, 0.1) is 11.1 Å². The Kier molecular flexibility index (Phi) is 2.44. The van der Waals surface area contributed by atoms with E-state index < -0.39 is 11.9 Å². The molecule has 0 unspecified atom stereocenters. The first-order chi connectivity index (χ1) is 7.69. The minimum Gasteiger partial charge on any atom is -0.386 e. The van der Waals surface area contributed by atoms with Crippen molar-refractivity contribution in [1.82, 2.24) is 0 Å². The van der Waals surface area contributed by atoms with Gasteiger partial charge < -0.3 is 4.74 Å². The number of esters is 2. The topological polar surface area (TPSA) is 43.4 Å². The van der Waals surface area contributed by atoms with Crippen molar-refractivity contribution in [3.05, 3.63) is 46.9 Å². The van der Waals surface area contributed by atoms with Crippen LogP contribution in [0.4, 0.5) is 0 Å². The maximum atomic E-state index is 11.5. The molecule has 1 heterocycles. The lowest BCUT2D eigenvalue weighted by molar-refractivity contribution is -0.131. The van der Waals surface area contributed by atoms with E-state index in [4.69, 9.17) is 0 Å². The lowest BCUT2D eigenvalue weighted by atomic mass is 10.0. The Morgan fingerprint density at radius 2 is 2.00 bits per heavy atom. The number of rotatable bonds is 1. The zero-order chi connectivity index (χ0) is 11.7. The molecule has 0 saturated heterocycles. The third-order valence-electron chi connectivity index (χ3n) is 2.51. The fourth-order valence-electron chi connectivity index (χ4n) is 1.76. The van der Waals surface area contributed by atoms with Crippen LogP contribution in [-0.2, 0) is 9.53 Å². The van der Waals surface area contributed by atoms with E-state index in [9.17, 15) is 9.59 Å². The van der Waals surface area contributed by atoms with E-state index in [-0.39, 0.29) is 0 Å². The van der Waals surface area contributed by atoms with Crippen molar-refractivity contribution in [3.63, 3.8) is 0 Å². The third-order valence-corrected chi connectivity index (χ3v) is 2.51. The predicted octanol–water partition coefficient (Wildman–Crippen LogP) is 0.521. The molecule has 0 amide bonds.